The molecule has 1 aromatic rings. The van der Waals surface area contributed by atoms with Crippen molar-refractivity contribution in [2.45, 2.75) is 38.1 Å². The first-order chi connectivity index (χ1) is 12.2. The predicted molar refractivity (Wildman–Crippen MR) is 98.9 cm³/mol. The average Bonchev–Trinajstić information content (AvgIpc) is 2.59. The SMILES string of the molecule is C=C[C@](CC)(CC(=O)O)NC(=O)CCC(=O)Nc1ccc(C(=N)N)cc1. The number of amidine groups is 1. The first-order valence-corrected chi connectivity index (χ1v) is 8.12. The number of anilines is 1. The Morgan fingerprint density at radius 1 is 1.23 bits per heavy atom. The van der Waals surface area contributed by atoms with Gasteiger partial charge in [-0.25, -0.2) is 0 Å². The van der Waals surface area contributed by atoms with E-state index in [9.17, 15) is 14.4 Å². The molecule has 0 unspecified atom stereocenters. The number of carbonyl (C=O) groups excluding carboxylic acids is 2. The summed E-state index contributed by atoms with van der Waals surface area (Å²) in [5.74, 6) is -1.88. The van der Waals surface area contributed by atoms with E-state index in [2.05, 4.69) is 17.2 Å². The number of nitrogens with one attached hydrogen (secondary N) is 3. The minimum absolute atomic E-state index is 0.0513. The molecule has 0 aliphatic heterocycles. The number of nitrogens with two attached hydrogens (primary N) is 1. The fourth-order valence-corrected chi connectivity index (χ4v) is 2.32. The van der Waals surface area contributed by atoms with Crippen LogP contribution in [0.4, 0.5) is 5.69 Å². The molecular formula is C18H24N4O4. The maximum atomic E-state index is 12.1. The van der Waals surface area contributed by atoms with Crippen LogP contribution in [0.2, 0.25) is 0 Å². The second-order valence-corrected chi connectivity index (χ2v) is 5.87. The van der Waals surface area contributed by atoms with E-state index in [0.29, 0.717) is 17.7 Å². The zero-order valence-electron chi connectivity index (χ0n) is 14.7. The summed E-state index contributed by atoms with van der Waals surface area (Å²) in [4.78, 5) is 35.0. The van der Waals surface area contributed by atoms with Crippen molar-refractivity contribution in [2.75, 3.05) is 5.32 Å². The van der Waals surface area contributed by atoms with Gasteiger partial charge in [0.05, 0.1) is 12.0 Å². The van der Waals surface area contributed by atoms with Crippen LogP contribution in [-0.4, -0.2) is 34.3 Å². The number of benzene rings is 1. The molecule has 0 aliphatic carbocycles. The van der Waals surface area contributed by atoms with Gasteiger partial charge in [0.2, 0.25) is 11.8 Å². The fraction of sp³-hybridized carbons (Fsp3) is 0.333. The number of nitrogen functional groups attached to an aromatic ring is 1. The normalized spacial score (nSPS) is 12.5. The average molecular weight is 360 g/mol. The lowest BCUT2D eigenvalue weighted by atomic mass is 9.91. The Labute approximate surface area is 152 Å². The summed E-state index contributed by atoms with van der Waals surface area (Å²) in [6.45, 7) is 5.35. The molecule has 0 saturated carbocycles. The molecule has 1 atom stereocenters. The number of amides is 2. The minimum Gasteiger partial charge on any atom is -0.481 e. The number of hydrogen-bond donors (Lipinski definition) is 5. The van der Waals surface area contributed by atoms with Crippen LogP contribution in [0.25, 0.3) is 0 Å². The number of aliphatic carboxylic acids is 1. The molecule has 1 rings (SSSR count). The van der Waals surface area contributed by atoms with Crippen molar-refractivity contribution in [2.24, 2.45) is 5.73 Å². The van der Waals surface area contributed by atoms with Crippen LogP contribution in [0.1, 0.15) is 38.2 Å². The van der Waals surface area contributed by atoms with E-state index in [0.717, 1.165) is 0 Å². The Morgan fingerprint density at radius 3 is 2.27 bits per heavy atom. The van der Waals surface area contributed by atoms with Crippen LogP contribution < -0.4 is 16.4 Å². The lowest BCUT2D eigenvalue weighted by molar-refractivity contribution is -0.138. The number of carboxylic acid groups (broad SMARTS) is 1. The van der Waals surface area contributed by atoms with Gasteiger partial charge in [-0.05, 0) is 30.7 Å². The van der Waals surface area contributed by atoms with E-state index < -0.39 is 17.4 Å². The van der Waals surface area contributed by atoms with Gasteiger partial charge in [-0.2, -0.15) is 0 Å². The summed E-state index contributed by atoms with van der Waals surface area (Å²) < 4.78 is 0. The lowest BCUT2D eigenvalue weighted by Gasteiger charge is -2.29. The van der Waals surface area contributed by atoms with Crippen molar-refractivity contribution in [3.8, 4) is 0 Å². The molecule has 0 fully saturated rings. The maximum Gasteiger partial charge on any atom is 0.306 e. The Kier molecular flexibility index (Phi) is 7.52. The minimum atomic E-state index is -1.04. The number of carboxylic acids is 1. The van der Waals surface area contributed by atoms with Crippen molar-refractivity contribution in [1.82, 2.24) is 5.32 Å². The second-order valence-electron chi connectivity index (χ2n) is 5.87. The molecule has 8 nitrogen and oxygen atoms in total. The highest BCUT2D eigenvalue weighted by Gasteiger charge is 2.29. The maximum absolute atomic E-state index is 12.1. The molecule has 8 heteroatoms. The molecule has 0 saturated heterocycles. The van der Waals surface area contributed by atoms with Gasteiger partial charge >= 0.3 is 5.97 Å². The van der Waals surface area contributed by atoms with Crippen molar-refractivity contribution >= 4 is 29.3 Å². The van der Waals surface area contributed by atoms with E-state index >= 15 is 0 Å². The molecule has 140 valence electrons. The monoisotopic (exact) mass is 360 g/mol. The van der Waals surface area contributed by atoms with Gasteiger partial charge in [-0.3, -0.25) is 19.8 Å². The first-order valence-electron chi connectivity index (χ1n) is 8.12. The highest BCUT2D eigenvalue weighted by atomic mass is 16.4. The molecule has 0 bridgehead atoms. The predicted octanol–water partition coefficient (Wildman–Crippen LogP) is 1.62. The fourth-order valence-electron chi connectivity index (χ4n) is 2.32. The third-order valence-corrected chi connectivity index (χ3v) is 3.94. The Hall–Kier alpha value is -3.16. The highest BCUT2D eigenvalue weighted by Crippen LogP contribution is 2.17. The van der Waals surface area contributed by atoms with Crippen LogP contribution >= 0.6 is 0 Å². The summed E-state index contributed by atoms with van der Waals surface area (Å²) in [5.41, 5.74) is 5.40. The topological polar surface area (TPSA) is 145 Å². The van der Waals surface area contributed by atoms with E-state index in [1.807, 2.05) is 0 Å². The molecule has 26 heavy (non-hydrogen) atoms. The molecule has 0 aliphatic rings. The van der Waals surface area contributed by atoms with E-state index in [-0.39, 0.29) is 31.0 Å². The van der Waals surface area contributed by atoms with Gasteiger partial charge in [-0.15, -0.1) is 6.58 Å². The van der Waals surface area contributed by atoms with Crippen LogP contribution in [0.3, 0.4) is 0 Å². The second kappa shape index (κ2) is 9.36. The van der Waals surface area contributed by atoms with E-state index in [1.54, 1.807) is 31.2 Å². The smallest absolute Gasteiger partial charge is 0.306 e. The van der Waals surface area contributed by atoms with Crippen molar-refractivity contribution < 1.29 is 19.5 Å². The molecule has 2 amide bonds. The zero-order valence-corrected chi connectivity index (χ0v) is 14.7. The molecule has 1 aromatic carbocycles. The molecule has 0 aromatic heterocycles. The van der Waals surface area contributed by atoms with Gasteiger partial charge in [0.25, 0.3) is 0 Å². The van der Waals surface area contributed by atoms with Crippen LogP contribution in [0.5, 0.6) is 0 Å². The zero-order chi connectivity index (χ0) is 19.7. The summed E-state index contributed by atoms with van der Waals surface area (Å²) in [6, 6.07) is 6.44. The molecule has 0 radical (unpaired) electrons. The number of rotatable bonds is 10. The molecular weight excluding hydrogens is 336 g/mol. The quantitative estimate of drug-likeness (QED) is 0.244. The highest BCUT2D eigenvalue weighted by molar-refractivity contribution is 5.96. The third-order valence-electron chi connectivity index (χ3n) is 3.94. The first kappa shape index (κ1) is 20.9. The largest absolute Gasteiger partial charge is 0.481 e. The van der Waals surface area contributed by atoms with Gasteiger partial charge in [0, 0.05) is 24.1 Å². The van der Waals surface area contributed by atoms with Gasteiger partial charge < -0.3 is 21.5 Å². The summed E-state index contributed by atoms with van der Waals surface area (Å²) in [7, 11) is 0. The third kappa shape index (κ3) is 6.39. The van der Waals surface area contributed by atoms with Crippen molar-refractivity contribution in [3.05, 3.63) is 42.5 Å². The standard InChI is InChI=1S/C18H24N4O4/c1-3-18(4-2,11-16(25)26)22-15(24)10-9-14(23)21-13-7-5-12(6-8-13)17(19)20/h3,5-8H,1,4,9-11H2,2H3,(H3,19,20)(H,21,23)(H,22,24)(H,25,26)/t18-/m0/s1. The van der Waals surface area contributed by atoms with Crippen LogP contribution in [0, 0.1) is 5.41 Å². The Balaban J connectivity index is 2.55. The summed E-state index contributed by atoms with van der Waals surface area (Å²) in [6.07, 6.45) is 1.39. The van der Waals surface area contributed by atoms with Gasteiger partial charge in [0.15, 0.2) is 0 Å². The van der Waals surface area contributed by atoms with Crippen LogP contribution in [0.15, 0.2) is 36.9 Å². The van der Waals surface area contributed by atoms with E-state index in [4.69, 9.17) is 16.2 Å². The van der Waals surface area contributed by atoms with E-state index in [1.165, 1.54) is 6.08 Å². The lowest BCUT2D eigenvalue weighted by Crippen LogP contribution is -2.48. The van der Waals surface area contributed by atoms with Gasteiger partial charge in [0.1, 0.15) is 5.84 Å². The number of hydrogen-bond acceptors (Lipinski definition) is 4. The van der Waals surface area contributed by atoms with Crippen molar-refractivity contribution in [1.29, 1.82) is 5.41 Å². The Morgan fingerprint density at radius 2 is 1.81 bits per heavy atom. The summed E-state index contributed by atoms with van der Waals surface area (Å²) >= 11 is 0. The number of carbonyl (C=O) groups is 3. The van der Waals surface area contributed by atoms with Crippen LogP contribution in [-0.2, 0) is 14.4 Å². The summed E-state index contributed by atoms with van der Waals surface area (Å²) in [5, 5.41) is 21.6. The molecule has 0 heterocycles. The molecule has 0 spiro atoms. The Bertz CT molecular complexity index is 700. The van der Waals surface area contributed by atoms with Gasteiger partial charge in [-0.1, -0.05) is 13.0 Å². The molecule has 6 N–H and O–H groups in total. The van der Waals surface area contributed by atoms with Crippen molar-refractivity contribution in [3.63, 3.8) is 0 Å².